The highest BCUT2D eigenvalue weighted by molar-refractivity contribution is 5.35. The van der Waals surface area contributed by atoms with Crippen molar-refractivity contribution < 1.29 is 18.6 Å². The van der Waals surface area contributed by atoms with Crippen molar-refractivity contribution >= 4 is 0 Å². The van der Waals surface area contributed by atoms with Gasteiger partial charge in [0.25, 0.3) is 0 Å². The molecule has 3 nitrogen and oxygen atoms in total. The van der Waals surface area contributed by atoms with Crippen molar-refractivity contribution in [3.05, 3.63) is 59.4 Å². The minimum Gasteiger partial charge on any atom is -0.434 e. The van der Waals surface area contributed by atoms with Gasteiger partial charge in [0.05, 0.1) is 6.10 Å². The van der Waals surface area contributed by atoms with Crippen LogP contribution in [0, 0.1) is 0 Å². The topological polar surface area (TPSA) is 42.4 Å². The second-order valence-corrected chi connectivity index (χ2v) is 4.65. The smallest absolute Gasteiger partial charge is 0.387 e. The number of ether oxygens (including phenoxy) is 1. The van der Waals surface area contributed by atoms with Gasteiger partial charge in [0.1, 0.15) is 5.75 Å². The quantitative estimate of drug-likeness (QED) is 0.886. The normalized spacial score (nSPS) is 12.4. The number of hydrogen-bond donors (Lipinski definition) is 1. The summed E-state index contributed by atoms with van der Waals surface area (Å²) in [6.07, 6.45) is 1.94. The Labute approximate surface area is 122 Å². The van der Waals surface area contributed by atoms with Gasteiger partial charge in [-0.05, 0) is 24.1 Å². The maximum atomic E-state index is 12.4. The first-order chi connectivity index (χ1) is 10.1. The van der Waals surface area contributed by atoms with Gasteiger partial charge in [0.15, 0.2) is 0 Å². The van der Waals surface area contributed by atoms with E-state index in [-0.39, 0.29) is 12.2 Å². The van der Waals surface area contributed by atoms with Crippen LogP contribution in [-0.4, -0.2) is 16.7 Å². The molecule has 5 heteroatoms. The molecule has 0 saturated heterocycles. The number of aromatic nitrogens is 1. The van der Waals surface area contributed by atoms with Crippen molar-refractivity contribution in [2.24, 2.45) is 0 Å². The Morgan fingerprint density at radius 2 is 1.95 bits per heavy atom. The molecule has 1 heterocycles. The Balaban J connectivity index is 2.13. The molecule has 0 amide bonds. The maximum absolute atomic E-state index is 12.4. The average Bonchev–Trinajstić information content (AvgIpc) is 2.48. The Hall–Kier alpha value is -2.01. The van der Waals surface area contributed by atoms with E-state index in [1.54, 1.807) is 24.4 Å². The van der Waals surface area contributed by atoms with Crippen molar-refractivity contribution in [1.82, 2.24) is 4.98 Å². The van der Waals surface area contributed by atoms with Crippen LogP contribution in [0.15, 0.2) is 42.6 Å². The number of pyridine rings is 1. The lowest BCUT2D eigenvalue weighted by Crippen LogP contribution is -2.09. The number of aryl methyl sites for hydroxylation is 1. The molecule has 0 saturated carbocycles. The van der Waals surface area contributed by atoms with E-state index >= 15 is 0 Å². The summed E-state index contributed by atoms with van der Waals surface area (Å²) in [5.41, 5.74) is 2.14. The molecule has 0 spiro atoms. The van der Waals surface area contributed by atoms with E-state index in [0.717, 1.165) is 12.0 Å². The second kappa shape index (κ2) is 7.13. The van der Waals surface area contributed by atoms with Gasteiger partial charge in [0.2, 0.25) is 0 Å². The van der Waals surface area contributed by atoms with Gasteiger partial charge in [-0.2, -0.15) is 8.78 Å². The molecule has 2 aromatic rings. The van der Waals surface area contributed by atoms with E-state index < -0.39 is 12.7 Å². The third kappa shape index (κ3) is 4.23. The molecule has 0 fully saturated rings. The lowest BCUT2D eigenvalue weighted by Gasteiger charge is -2.15. The largest absolute Gasteiger partial charge is 0.434 e. The van der Waals surface area contributed by atoms with Crippen molar-refractivity contribution in [3.63, 3.8) is 0 Å². The summed E-state index contributed by atoms with van der Waals surface area (Å²) in [5, 5.41) is 10.2. The lowest BCUT2D eigenvalue weighted by atomic mass is 10.0. The molecule has 1 aromatic carbocycles. The molecular formula is C16H17F2NO2. The summed E-state index contributed by atoms with van der Waals surface area (Å²) in [6, 6.07) is 10.0. The van der Waals surface area contributed by atoms with Crippen molar-refractivity contribution in [3.8, 4) is 5.75 Å². The monoisotopic (exact) mass is 293 g/mol. The van der Waals surface area contributed by atoms with Gasteiger partial charge >= 0.3 is 6.61 Å². The molecule has 0 bridgehead atoms. The van der Waals surface area contributed by atoms with Crippen molar-refractivity contribution in [1.29, 1.82) is 0 Å². The summed E-state index contributed by atoms with van der Waals surface area (Å²) in [6.45, 7) is -0.885. The van der Waals surface area contributed by atoms with E-state index in [1.165, 1.54) is 6.07 Å². The highest BCUT2D eigenvalue weighted by Crippen LogP contribution is 2.28. The number of halogens is 2. The number of aliphatic hydroxyl groups is 1. The number of hydrogen-bond acceptors (Lipinski definition) is 3. The molecule has 0 aliphatic rings. The van der Waals surface area contributed by atoms with Gasteiger partial charge in [-0.1, -0.05) is 31.2 Å². The number of aliphatic hydroxyl groups excluding tert-OH is 1. The Morgan fingerprint density at radius 3 is 2.57 bits per heavy atom. The molecular weight excluding hydrogens is 276 g/mol. The van der Waals surface area contributed by atoms with Crippen LogP contribution in [0.1, 0.15) is 29.8 Å². The fourth-order valence-electron chi connectivity index (χ4n) is 2.05. The number of rotatable bonds is 6. The van der Waals surface area contributed by atoms with Gasteiger partial charge in [-0.15, -0.1) is 0 Å². The van der Waals surface area contributed by atoms with Crippen LogP contribution in [-0.2, 0) is 12.8 Å². The Bertz CT molecular complexity index is 573. The second-order valence-electron chi connectivity index (χ2n) is 4.65. The molecule has 1 unspecified atom stereocenters. The summed E-state index contributed by atoms with van der Waals surface area (Å²) >= 11 is 0. The number of nitrogens with zero attached hydrogens (tertiary/aromatic N) is 1. The first kappa shape index (κ1) is 15.4. The Kier molecular flexibility index (Phi) is 5.22. The zero-order valence-corrected chi connectivity index (χ0v) is 11.7. The van der Waals surface area contributed by atoms with Gasteiger partial charge < -0.3 is 9.84 Å². The van der Waals surface area contributed by atoms with Crippen LogP contribution in [0.4, 0.5) is 8.78 Å². The number of benzene rings is 1. The summed E-state index contributed by atoms with van der Waals surface area (Å²) in [7, 11) is 0. The SMILES string of the molecule is CCc1ccc(CC(O)c2ccccc2OC(F)F)nc1. The van der Waals surface area contributed by atoms with Crippen LogP contribution in [0.3, 0.4) is 0 Å². The molecule has 21 heavy (non-hydrogen) atoms. The predicted molar refractivity (Wildman–Crippen MR) is 75.4 cm³/mol. The zero-order chi connectivity index (χ0) is 15.2. The van der Waals surface area contributed by atoms with Crippen LogP contribution >= 0.6 is 0 Å². The third-order valence-corrected chi connectivity index (χ3v) is 3.19. The van der Waals surface area contributed by atoms with Gasteiger partial charge in [-0.25, -0.2) is 0 Å². The average molecular weight is 293 g/mol. The molecule has 0 radical (unpaired) electrons. The first-order valence-corrected chi connectivity index (χ1v) is 6.75. The standard InChI is InChI=1S/C16H17F2NO2/c1-2-11-7-8-12(19-10-11)9-14(20)13-5-3-4-6-15(13)21-16(17)18/h3-8,10,14,16,20H,2,9H2,1H3. The van der Waals surface area contributed by atoms with Gasteiger partial charge in [0, 0.05) is 23.9 Å². The minimum absolute atomic E-state index is 0.00909. The number of alkyl halides is 2. The summed E-state index contributed by atoms with van der Waals surface area (Å²) in [4.78, 5) is 4.26. The van der Waals surface area contributed by atoms with E-state index in [2.05, 4.69) is 9.72 Å². The maximum Gasteiger partial charge on any atom is 0.387 e. The summed E-state index contributed by atoms with van der Waals surface area (Å²) < 4.78 is 29.1. The molecule has 0 aliphatic carbocycles. The minimum atomic E-state index is -2.92. The molecule has 2 rings (SSSR count). The molecule has 1 N–H and O–H groups in total. The fourth-order valence-corrected chi connectivity index (χ4v) is 2.05. The van der Waals surface area contributed by atoms with Crippen LogP contribution in [0.2, 0.25) is 0 Å². The summed E-state index contributed by atoms with van der Waals surface area (Å²) in [5.74, 6) is -0.00909. The van der Waals surface area contributed by atoms with Crippen LogP contribution < -0.4 is 4.74 Å². The van der Waals surface area contributed by atoms with Crippen LogP contribution in [0.25, 0.3) is 0 Å². The molecule has 0 aliphatic heterocycles. The third-order valence-electron chi connectivity index (χ3n) is 3.19. The molecule has 112 valence electrons. The van der Waals surface area contributed by atoms with E-state index in [1.807, 2.05) is 19.1 Å². The molecule has 1 aromatic heterocycles. The van der Waals surface area contributed by atoms with E-state index in [4.69, 9.17) is 0 Å². The Morgan fingerprint density at radius 1 is 1.19 bits per heavy atom. The first-order valence-electron chi connectivity index (χ1n) is 6.75. The molecule has 1 atom stereocenters. The van der Waals surface area contributed by atoms with Crippen LogP contribution in [0.5, 0.6) is 5.75 Å². The van der Waals surface area contributed by atoms with Gasteiger partial charge in [-0.3, -0.25) is 4.98 Å². The van der Waals surface area contributed by atoms with E-state index in [0.29, 0.717) is 11.3 Å². The predicted octanol–water partition coefficient (Wildman–Crippen LogP) is 3.52. The zero-order valence-electron chi connectivity index (χ0n) is 11.7. The van der Waals surface area contributed by atoms with E-state index in [9.17, 15) is 13.9 Å². The van der Waals surface area contributed by atoms with Crippen molar-refractivity contribution in [2.45, 2.75) is 32.5 Å². The highest BCUT2D eigenvalue weighted by Gasteiger charge is 2.16. The fraction of sp³-hybridized carbons (Fsp3) is 0.312. The lowest BCUT2D eigenvalue weighted by molar-refractivity contribution is -0.0515. The number of para-hydroxylation sites is 1. The highest BCUT2D eigenvalue weighted by atomic mass is 19.3. The van der Waals surface area contributed by atoms with Crippen molar-refractivity contribution in [2.75, 3.05) is 0 Å².